The average molecular weight is 335 g/mol. The maximum Gasteiger partial charge on any atom is 0.191 e. The summed E-state index contributed by atoms with van der Waals surface area (Å²) in [5, 5.41) is 7.09. The van der Waals surface area contributed by atoms with Gasteiger partial charge in [0, 0.05) is 31.2 Å². The van der Waals surface area contributed by atoms with Gasteiger partial charge in [0.25, 0.3) is 0 Å². The van der Waals surface area contributed by atoms with Crippen LogP contribution < -0.4 is 10.6 Å². The van der Waals surface area contributed by atoms with Crippen LogP contribution in [0.2, 0.25) is 0 Å². The first-order valence-electron chi connectivity index (χ1n) is 9.70. The lowest BCUT2D eigenvalue weighted by Crippen LogP contribution is -2.68. The number of aliphatic imine (C=N–C) groups is 1. The summed E-state index contributed by atoms with van der Waals surface area (Å²) in [6.45, 7) is 8.42. The second-order valence-corrected chi connectivity index (χ2v) is 7.16. The Kier molecular flexibility index (Phi) is 6.17. The molecule has 3 rings (SSSR count). The minimum atomic E-state index is 0.370. The van der Waals surface area contributed by atoms with Gasteiger partial charge in [0.1, 0.15) is 0 Å². The van der Waals surface area contributed by atoms with E-state index in [1.54, 1.807) is 0 Å². The highest BCUT2D eigenvalue weighted by Gasteiger charge is 2.59. The number of nitrogens with zero attached hydrogens (tertiary/aromatic N) is 1. The van der Waals surface area contributed by atoms with Crippen LogP contribution in [-0.4, -0.2) is 51.0 Å². The van der Waals surface area contributed by atoms with Gasteiger partial charge in [-0.2, -0.15) is 0 Å². The van der Waals surface area contributed by atoms with E-state index in [1.165, 1.54) is 24.8 Å². The van der Waals surface area contributed by atoms with E-state index in [4.69, 9.17) is 14.5 Å². The summed E-state index contributed by atoms with van der Waals surface area (Å²) in [5.41, 5.74) is 1.85. The van der Waals surface area contributed by atoms with E-state index in [9.17, 15) is 0 Å². The molecule has 2 fully saturated rings. The van der Waals surface area contributed by atoms with Crippen molar-refractivity contribution in [2.75, 3.05) is 32.9 Å². The highest BCUT2D eigenvalue weighted by atomic mass is 16.5. The third kappa shape index (κ3) is 3.77. The SMILES string of the molecule is CCNC(=NCCC1=CCOCC1)NC1CC(OCC)C12CCC2. The lowest BCUT2D eigenvalue weighted by molar-refractivity contribution is -0.168. The van der Waals surface area contributed by atoms with Gasteiger partial charge >= 0.3 is 0 Å². The molecule has 0 saturated heterocycles. The Bertz CT molecular complexity index is 471. The van der Waals surface area contributed by atoms with Gasteiger partial charge in [-0.25, -0.2) is 0 Å². The molecule has 24 heavy (non-hydrogen) atoms. The molecule has 0 aromatic rings. The molecule has 136 valence electrons. The van der Waals surface area contributed by atoms with Crippen LogP contribution in [0.4, 0.5) is 0 Å². The van der Waals surface area contributed by atoms with Gasteiger partial charge in [-0.15, -0.1) is 0 Å². The molecule has 5 nitrogen and oxygen atoms in total. The second kappa shape index (κ2) is 8.34. The second-order valence-electron chi connectivity index (χ2n) is 7.16. The predicted octanol–water partition coefficient (Wildman–Crippen LogP) is 2.63. The third-order valence-electron chi connectivity index (χ3n) is 5.85. The fourth-order valence-corrected chi connectivity index (χ4v) is 4.23. The molecule has 1 heterocycles. The molecule has 0 radical (unpaired) electrons. The number of hydrogen-bond acceptors (Lipinski definition) is 3. The Labute approximate surface area is 146 Å². The van der Waals surface area contributed by atoms with Crippen molar-refractivity contribution in [2.45, 2.75) is 64.5 Å². The van der Waals surface area contributed by atoms with E-state index < -0.39 is 0 Å². The molecule has 1 aliphatic heterocycles. The fourth-order valence-electron chi connectivity index (χ4n) is 4.23. The Morgan fingerprint density at radius 2 is 2.29 bits per heavy atom. The average Bonchev–Trinajstić information content (AvgIpc) is 2.53. The molecule has 0 aromatic carbocycles. The van der Waals surface area contributed by atoms with Crippen LogP contribution in [0.5, 0.6) is 0 Å². The fraction of sp³-hybridized carbons (Fsp3) is 0.842. The van der Waals surface area contributed by atoms with Crippen LogP contribution in [0.3, 0.4) is 0 Å². The van der Waals surface area contributed by atoms with E-state index in [0.29, 0.717) is 17.6 Å². The molecular weight excluding hydrogens is 302 g/mol. The van der Waals surface area contributed by atoms with Crippen molar-refractivity contribution >= 4 is 5.96 Å². The number of guanidine groups is 1. The molecule has 2 saturated carbocycles. The minimum absolute atomic E-state index is 0.370. The molecule has 2 atom stereocenters. The summed E-state index contributed by atoms with van der Waals surface area (Å²) in [6.07, 6.45) is 9.79. The van der Waals surface area contributed by atoms with E-state index in [1.807, 2.05) is 0 Å². The summed E-state index contributed by atoms with van der Waals surface area (Å²) < 4.78 is 11.3. The molecule has 2 aliphatic carbocycles. The summed E-state index contributed by atoms with van der Waals surface area (Å²) in [4.78, 5) is 4.80. The molecule has 5 heteroatoms. The highest BCUT2D eigenvalue weighted by molar-refractivity contribution is 5.80. The summed E-state index contributed by atoms with van der Waals surface area (Å²) in [5.74, 6) is 0.969. The zero-order chi connectivity index (χ0) is 16.8. The maximum absolute atomic E-state index is 5.95. The quantitative estimate of drug-likeness (QED) is 0.427. The van der Waals surface area contributed by atoms with Crippen molar-refractivity contribution in [3.63, 3.8) is 0 Å². The normalized spacial score (nSPS) is 28.8. The van der Waals surface area contributed by atoms with Gasteiger partial charge in [-0.05, 0) is 46.0 Å². The lowest BCUT2D eigenvalue weighted by atomic mass is 9.51. The molecule has 2 unspecified atom stereocenters. The highest BCUT2D eigenvalue weighted by Crippen LogP contribution is 2.57. The Hall–Kier alpha value is -1.07. The minimum Gasteiger partial charge on any atom is -0.378 e. The van der Waals surface area contributed by atoms with Crippen molar-refractivity contribution in [3.05, 3.63) is 11.6 Å². The van der Waals surface area contributed by atoms with E-state index in [0.717, 1.165) is 58.1 Å². The smallest absolute Gasteiger partial charge is 0.191 e. The first-order valence-corrected chi connectivity index (χ1v) is 9.70. The molecule has 0 bridgehead atoms. The van der Waals surface area contributed by atoms with E-state index in [2.05, 4.69) is 30.6 Å². The van der Waals surface area contributed by atoms with Crippen molar-refractivity contribution < 1.29 is 9.47 Å². The van der Waals surface area contributed by atoms with E-state index in [-0.39, 0.29) is 0 Å². The zero-order valence-corrected chi connectivity index (χ0v) is 15.3. The van der Waals surface area contributed by atoms with Gasteiger partial charge in [0.15, 0.2) is 5.96 Å². The maximum atomic E-state index is 5.95. The third-order valence-corrected chi connectivity index (χ3v) is 5.85. The summed E-state index contributed by atoms with van der Waals surface area (Å²) in [6, 6.07) is 0.517. The summed E-state index contributed by atoms with van der Waals surface area (Å²) in [7, 11) is 0. The largest absolute Gasteiger partial charge is 0.378 e. The van der Waals surface area contributed by atoms with Crippen molar-refractivity contribution in [1.82, 2.24) is 10.6 Å². The lowest BCUT2D eigenvalue weighted by Gasteiger charge is -2.61. The number of hydrogen-bond donors (Lipinski definition) is 2. The van der Waals surface area contributed by atoms with E-state index >= 15 is 0 Å². The van der Waals surface area contributed by atoms with Crippen LogP contribution in [0.15, 0.2) is 16.6 Å². The predicted molar refractivity (Wildman–Crippen MR) is 97.4 cm³/mol. The first-order chi connectivity index (χ1) is 11.8. The van der Waals surface area contributed by atoms with Crippen molar-refractivity contribution in [2.24, 2.45) is 10.4 Å². The molecule has 0 aromatic heterocycles. The number of ether oxygens (including phenoxy) is 2. The Morgan fingerprint density at radius 3 is 2.92 bits per heavy atom. The van der Waals surface area contributed by atoms with Gasteiger partial charge < -0.3 is 20.1 Å². The summed E-state index contributed by atoms with van der Waals surface area (Å²) >= 11 is 0. The number of nitrogens with one attached hydrogen (secondary N) is 2. The Balaban J connectivity index is 1.52. The van der Waals surface area contributed by atoms with Crippen LogP contribution in [0, 0.1) is 5.41 Å². The number of rotatable bonds is 7. The van der Waals surface area contributed by atoms with Crippen LogP contribution in [0.1, 0.15) is 52.4 Å². The van der Waals surface area contributed by atoms with Crippen LogP contribution in [-0.2, 0) is 9.47 Å². The van der Waals surface area contributed by atoms with Gasteiger partial charge in [0.2, 0.25) is 0 Å². The first kappa shape index (κ1) is 17.7. The van der Waals surface area contributed by atoms with Gasteiger partial charge in [0.05, 0.1) is 19.3 Å². The zero-order valence-electron chi connectivity index (χ0n) is 15.3. The Morgan fingerprint density at radius 1 is 1.42 bits per heavy atom. The molecule has 3 aliphatic rings. The monoisotopic (exact) mass is 335 g/mol. The van der Waals surface area contributed by atoms with Gasteiger partial charge in [-0.3, -0.25) is 4.99 Å². The van der Waals surface area contributed by atoms with Crippen molar-refractivity contribution in [1.29, 1.82) is 0 Å². The standard InChI is InChI=1S/C19H33N3O2/c1-3-20-18(21-11-6-15-7-12-23-13-8-15)22-16-14-17(24-4-2)19(16)9-5-10-19/h7,16-17H,3-6,8-14H2,1-2H3,(H2,20,21,22). The molecule has 2 N–H and O–H groups in total. The molecular formula is C19H33N3O2. The van der Waals surface area contributed by atoms with Crippen LogP contribution in [0.25, 0.3) is 0 Å². The topological polar surface area (TPSA) is 54.9 Å². The van der Waals surface area contributed by atoms with Gasteiger partial charge in [-0.1, -0.05) is 18.1 Å². The molecule has 0 amide bonds. The van der Waals surface area contributed by atoms with Crippen molar-refractivity contribution in [3.8, 4) is 0 Å². The molecule has 1 spiro atoms. The van der Waals surface area contributed by atoms with Crippen LogP contribution >= 0.6 is 0 Å².